The van der Waals surface area contributed by atoms with Crippen molar-refractivity contribution < 1.29 is 4.79 Å². The molecule has 2 rings (SSSR count). The summed E-state index contributed by atoms with van der Waals surface area (Å²) in [5.41, 5.74) is 7.98. The Hall–Kier alpha value is -1.35. The maximum atomic E-state index is 11.1. The summed E-state index contributed by atoms with van der Waals surface area (Å²) < 4.78 is 0. The Morgan fingerprint density at radius 2 is 2.24 bits per heavy atom. The molecular weight excluding hydrogens is 212 g/mol. The molecule has 3 heteroatoms. The Morgan fingerprint density at radius 3 is 2.82 bits per heavy atom. The van der Waals surface area contributed by atoms with E-state index in [2.05, 4.69) is 43.4 Å². The highest BCUT2D eigenvalue weighted by atomic mass is 16.1. The molecule has 3 nitrogen and oxygen atoms in total. The number of carbonyl (C=O) groups excluding carboxylic acids is 1. The monoisotopic (exact) mass is 232 g/mol. The van der Waals surface area contributed by atoms with Gasteiger partial charge in [0, 0.05) is 6.54 Å². The Balaban J connectivity index is 2.13. The predicted octanol–water partition coefficient (Wildman–Crippen LogP) is 1.74. The van der Waals surface area contributed by atoms with Crippen LogP contribution in [0.1, 0.15) is 43.2 Å². The molecule has 1 aromatic rings. The number of rotatable bonds is 3. The lowest BCUT2D eigenvalue weighted by molar-refractivity contribution is -0.119. The summed E-state index contributed by atoms with van der Waals surface area (Å²) in [5.74, 6) is 0.704. The summed E-state index contributed by atoms with van der Waals surface area (Å²) in [7, 11) is 0. The first-order chi connectivity index (χ1) is 8.08. The van der Waals surface area contributed by atoms with Crippen molar-refractivity contribution >= 4 is 5.91 Å². The molecule has 0 aromatic heterocycles. The summed E-state index contributed by atoms with van der Waals surface area (Å²) in [6.45, 7) is 5.23. The molecule has 1 aliphatic heterocycles. The Morgan fingerprint density at radius 1 is 1.47 bits per heavy atom. The van der Waals surface area contributed by atoms with E-state index in [1.165, 1.54) is 11.1 Å². The lowest BCUT2D eigenvalue weighted by atomic mass is 9.92. The van der Waals surface area contributed by atoms with Crippen molar-refractivity contribution in [3.63, 3.8) is 0 Å². The highest BCUT2D eigenvalue weighted by Crippen LogP contribution is 2.27. The number of hydrogen-bond donors (Lipinski definition) is 2. The average Bonchev–Trinajstić information content (AvgIpc) is 2.78. The first-order valence-electron chi connectivity index (χ1n) is 6.20. The van der Waals surface area contributed by atoms with Gasteiger partial charge in [-0.1, -0.05) is 38.1 Å². The van der Waals surface area contributed by atoms with Crippen LogP contribution in [0.2, 0.25) is 0 Å². The van der Waals surface area contributed by atoms with Crippen LogP contribution in [0.3, 0.4) is 0 Å². The molecule has 0 spiro atoms. The van der Waals surface area contributed by atoms with Crippen LogP contribution in [0.4, 0.5) is 0 Å². The van der Waals surface area contributed by atoms with Gasteiger partial charge in [0.25, 0.3) is 0 Å². The molecule has 1 heterocycles. The Bertz CT molecular complexity index is 414. The third-order valence-electron chi connectivity index (χ3n) is 3.52. The topological polar surface area (TPSA) is 55.1 Å². The van der Waals surface area contributed by atoms with Gasteiger partial charge < -0.3 is 11.1 Å². The van der Waals surface area contributed by atoms with Gasteiger partial charge in [0.2, 0.25) is 5.91 Å². The molecule has 0 bridgehead atoms. The smallest absolute Gasteiger partial charge is 0.234 e. The zero-order valence-corrected chi connectivity index (χ0v) is 10.4. The second kappa shape index (κ2) is 4.88. The third-order valence-corrected chi connectivity index (χ3v) is 3.52. The van der Waals surface area contributed by atoms with Gasteiger partial charge in [0.1, 0.15) is 0 Å². The van der Waals surface area contributed by atoms with Gasteiger partial charge in [-0.2, -0.15) is 0 Å². The van der Waals surface area contributed by atoms with Gasteiger partial charge in [-0.3, -0.25) is 4.79 Å². The molecule has 1 aromatic carbocycles. The van der Waals surface area contributed by atoms with Crippen LogP contribution < -0.4 is 11.1 Å². The van der Waals surface area contributed by atoms with E-state index in [0.717, 1.165) is 13.0 Å². The Kier molecular flexibility index (Phi) is 3.48. The van der Waals surface area contributed by atoms with Gasteiger partial charge in [-0.05, 0) is 29.4 Å². The highest BCUT2D eigenvalue weighted by molar-refractivity contribution is 5.80. The lowest BCUT2D eigenvalue weighted by Crippen LogP contribution is -2.36. The molecule has 2 atom stereocenters. The number of primary amides is 1. The number of hydrogen-bond acceptors (Lipinski definition) is 2. The Labute approximate surface area is 102 Å². The van der Waals surface area contributed by atoms with Crippen molar-refractivity contribution in [2.45, 2.75) is 38.1 Å². The summed E-state index contributed by atoms with van der Waals surface area (Å²) in [5, 5.41) is 3.18. The molecule has 0 aliphatic carbocycles. The fraction of sp³-hybridized carbons (Fsp3) is 0.500. The zero-order chi connectivity index (χ0) is 12.4. The van der Waals surface area contributed by atoms with Crippen molar-refractivity contribution in [3.05, 3.63) is 35.4 Å². The molecule has 1 amide bonds. The van der Waals surface area contributed by atoms with E-state index < -0.39 is 0 Å². The van der Waals surface area contributed by atoms with Crippen LogP contribution in [-0.2, 0) is 4.79 Å². The van der Waals surface area contributed by atoms with Crippen molar-refractivity contribution in [2.75, 3.05) is 6.54 Å². The van der Waals surface area contributed by atoms with Crippen molar-refractivity contribution in [1.82, 2.24) is 5.32 Å². The quantitative estimate of drug-likeness (QED) is 0.834. The van der Waals surface area contributed by atoms with Crippen LogP contribution in [-0.4, -0.2) is 18.5 Å². The van der Waals surface area contributed by atoms with E-state index in [0.29, 0.717) is 11.8 Å². The first-order valence-corrected chi connectivity index (χ1v) is 6.20. The van der Waals surface area contributed by atoms with E-state index in [4.69, 9.17) is 5.73 Å². The van der Waals surface area contributed by atoms with Crippen LogP contribution in [0.5, 0.6) is 0 Å². The van der Waals surface area contributed by atoms with E-state index >= 15 is 0 Å². The highest BCUT2D eigenvalue weighted by Gasteiger charge is 2.28. The molecule has 1 saturated heterocycles. The van der Waals surface area contributed by atoms with Crippen molar-refractivity contribution in [1.29, 1.82) is 0 Å². The third kappa shape index (κ3) is 2.67. The van der Waals surface area contributed by atoms with Gasteiger partial charge >= 0.3 is 0 Å². The first kappa shape index (κ1) is 12.1. The van der Waals surface area contributed by atoms with Crippen molar-refractivity contribution in [3.8, 4) is 0 Å². The molecule has 1 fully saturated rings. The molecule has 0 saturated carbocycles. The molecule has 2 unspecified atom stereocenters. The number of nitrogens with two attached hydrogens (primary N) is 1. The maximum Gasteiger partial charge on any atom is 0.234 e. The van der Waals surface area contributed by atoms with Gasteiger partial charge in [0.15, 0.2) is 0 Å². The molecular formula is C14H20N2O. The SMILES string of the molecule is CC(C)c1cccc(C2CNC(C(N)=O)C2)c1. The molecule has 17 heavy (non-hydrogen) atoms. The van der Waals surface area contributed by atoms with E-state index in [1.807, 2.05) is 0 Å². The minimum atomic E-state index is -0.243. The lowest BCUT2D eigenvalue weighted by Gasteiger charge is -2.12. The second-order valence-corrected chi connectivity index (χ2v) is 5.12. The van der Waals surface area contributed by atoms with E-state index in [-0.39, 0.29) is 11.9 Å². The van der Waals surface area contributed by atoms with Crippen LogP contribution in [0, 0.1) is 0 Å². The average molecular weight is 232 g/mol. The molecule has 0 radical (unpaired) electrons. The van der Waals surface area contributed by atoms with Gasteiger partial charge in [0.05, 0.1) is 6.04 Å². The molecule has 1 aliphatic rings. The van der Waals surface area contributed by atoms with E-state index in [9.17, 15) is 4.79 Å². The number of benzene rings is 1. The number of nitrogens with one attached hydrogen (secondary N) is 1. The molecule has 3 N–H and O–H groups in total. The number of amides is 1. The zero-order valence-electron chi connectivity index (χ0n) is 10.4. The standard InChI is InChI=1S/C14H20N2O/c1-9(2)10-4-3-5-11(6-10)12-7-13(14(15)17)16-8-12/h3-6,9,12-13,16H,7-8H2,1-2H3,(H2,15,17). The van der Waals surface area contributed by atoms with Crippen LogP contribution >= 0.6 is 0 Å². The fourth-order valence-corrected chi connectivity index (χ4v) is 2.38. The van der Waals surface area contributed by atoms with Gasteiger partial charge in [-0.25, -0.2) is 0 Å². The maximum absolute atomic E-state index is 11.1. The summed E-state index contributed by atoms with van der Waals surface area (Å²) in [6.07, 6.45) is 0.816. The summed E-state index contributed by atoms with van der Waals surface area (Å²) in [6, 6.07) is 8.48. The minimum Gasteiger partial charge on any atom is -0.368 e. The molecule has 92 valence electrons. The second-order valence-electron chi connectivity index (χ2n) is 5.12. The van der Waals surface area contributed by atoms with E-state index in [1.54, 1.807) is 0 Å². The minimum absolute atomic E-state index is 0.164. The number of carbonyl (C=O) groups is 1. The summed E-state index contributed by atoms with van der Waals surface area (Å²) in [4.78, 5) is 11.1. The van der Waals surface area contributed by atoms with Crippen LogP contribution in [0.15, 0.2) is 24.3 Å². The normalized spacial score (nSPS) is 24.2. The predicted molar refractivity (Wildman–Crippen MR) is 68.9 cm³/mol. The van der Waals surface area contributed by atoms with Crippen LogP contribution in [0.25, 0.3) is 0 Å². The fourth-order valence-electron chi connectivity index (χ4n) is 2.38. The van der Waals surface area contributed by atoms with Gasteiger partial charge in [-0.15, -0.1) is 0 Å². The summed E-state index contributed by atoms with van der Waals surface area (Å²) >= 11 is 0. The van der Waals surface area contributed by atoms with Crippen molar-refractivity contribution in [2.24, 2.45) is 5.73 Å². The largest absolute Gasteiger partial charge is 0.368 e.